The monoisotopic (exact) mass is 347 g/mol. The van der Waals surface area contributed by atoms with Gasteiger partial charge in [-0.2, -0.15) is 5.10 Å². The largest absolute Gasteiger partial charge is 0.293 e. The molecule has 2 rings (SSSR count). The topological polar surface area (TPSA) is 21.1 Å². The summed E-state index contributed by atoms with van der Waals surface area (Å²) in [7, 11) is 0. The smallest absolute Gasteiger partial charge is 0.0739 e. The standard InChI is InChI=1S/C14H23BrClN3/c1-3-19-13(14(15)11(2)17-19)10-18(9-8-16)12-6-4-5-7-12/h12H,3-10H2,1-2H3. The summed E-state index contributed by atoms with van der Waals surface area (Å²) in [5, 5.41) is 4.58. The van der Waals surface area contributed by atoms with E-state index in [0.29, 0.717) is 11.9 Å². The van der Waals surface area contributed by atoms with Crippen LogP contribution >= 0.6 is 27.5 Å². The van der Waals surface area contributed by atoms with Crippen molar-refractivity contribution in [1.82, 2.24) is 14.7 Å². The van der Waals surface area contributed by atoms with Crippen molar-refractivity contribution in [2.45, 2.75) is 58.7 Å². The summed E-state index contributed by atoms with van der Waals surface area (Å²) in [5.74, 6) is 0.702. The molecule has 0 amide bonds. The van der Waals surface area contributed by atoms with Crippen molar-refractivity contribution in [3.63, 3.8) is 0 Å². The molecule has 1 aromatic rings. The summed E-state index contributed by atoms with van der Waals surface area (Å²) < 4.78 is 3.27. The van der Waals surface area contributed by atoms with E-state index in [-0.39, 0.29) is 0 Å². The Morgan fingerprint density at radius 1 is 1.42 bits per heavy atom. The zero-order valence-electron chi connectivity index (χ0n) is 11.8. The Labute approximate surface area is 129 Å². The number of aryl methyl sites for hydroxylation is 2. The van der Waals surface area contributed by atoms with E-state index in [9.17, 15) is 0 Å². The molecule has 0 aromatic carbocycles. The molecule has 108 valence electrons. The van der Waals surface area contributed by atoms with Gasteiger partial charge < -0.3 is 0 Å². The van der Waals surface area contributed by atoms with Crippen LogP contribution in [0.5, 0.6) is 0 Å². The molecule has 1 aliphatic rings. The van der Waals surface area contributed by atoms with Gasteiger partial charge in [0.05, 0.1) is 15.9 Å². The van der Waals surface area contributed by atoms with Crippen molar-refractivity contribution in [1.29, 1.82) is 0 Å². The number of aromatic nitrogens is 2. The lowest BCUT2D eigenvalue weighted by atomic mass is 10.2. The van der Waals surface area contributed by atoms with E-state index in [1.807, 2.05) is 0 Å². The van der Waals surface area contributed by atoms with E-state index < -0.39 is 0 Å². The van der Waals surface area contributed by atoms with Gasteiger partial charge in [-0.1, -0.05) is 12.8 Å². The number of hydrogen-bond acceptors (Lipinski definition) is 2. The van der Waals surface area contributed by atoms with Gasteiger partial charge in [-0.15, -0.1) is 11.6 Å². The third kappa shape index (κ3) is 3.53. The quantitative estimate of drug-likeness (QED) is 0.726. The molecule has 1 heterocycles. The van der Waals surface area contributed by atoms with Crippen molar-refractivity contribution >= 4 is 27.5 Å². The minimum absolute atomic E-state index is 0.700. The molecule has 0 unspecified atom stereocenters. The molecular weight excluding hydrogens is 326 g/mol. The second-order valence-corrected chi connectivity index (χ2v) is 6.43. The van der Waals surface area contributed by atoms with Gasteiger partial charge >= 0.3 is 0 Å². The van der Waals surface area contributed by atoms with Crippen molar-refractivity contribution in [2.24, 2.45) is 0 Å². The number of hydrogen-bond donors (Lipinski definition) is 0. The summed E-state index contributed by atoms with van der Waals surface area (Å²) in [6.45, 7) is 7.03. The first-order valence-electron chi connectivity index (χ1n) is 7.19. The number of nitrogens with zero attached hydrogens (tertiary/aromatic N) is 3. The molecule has 1 aliphatic carbocycles. The molecule has 1 saturated carbocycles. The van der Waals surface area contributed by atoms with Crippen molar-refractivity contribution in [3.8, 4) is 0 Å². The van der Waals surface area contributed by atoms with Gasteiger partial charge in [-0.25, -0.2) is 0 Å². The Bertz CT molecular complexity index is 413. The fourth-order valence-corrected chi connectivity index (χ4v) is 3.61. The molecular formula is C14H23BrClN3. The zero-order valence-corrected chi connectivity index (χ0v) is 14.2. The highest BCUT2D eigenvalue weighted by atomic mass is 79.9. The Hall–Kier alpha value is -0.0600. The SMILES string of the molecule is CCn1nc(C)c(Br)c1CN(CCCl)C1CCCC1. The summed E-state index contributed by atoms with van der Waals surface area (Å²) in [4.78, 5) is 2.54. The summed E-state index contributed by atoms with van der Waals surface area (Å²) in [5.41, 5.74) is 2.37. The van der Waals surface area contributed by atoms with Crippen LogP contribution in [-0.4, -0.2) is 33.1 Å². The van der Waals surface area contributed by atoms with Gasteiger partial charge in [-0.05, 0) is 42.6 Å². The summed E-state index contributed by atoms with van der Waals surface area (Å²) >= 11 is 9.67. The van der Waals surface area contributed by atoms with Gasteiger partial charge in [0.25, 0.3) is 0 Å². The Morgan fingerprint density at radius 2 is 2.11 bits per heavy atom. The highest BCUT2D eigenvalue weighted by molar-refractivity contribution is 9.10. The Morgan fingerprint density at radius 3 is 2.68 bits per heavy atom. The lowest BCUT2D eigenvalue weighted by Gasteiger charge is -2.28. The summed E-state index contributed by atoms with van der Waals surface area (Å²) in [6.07, 6.45) is 5.34. The Kier molecular flexibility index (Phi) is 5.72. The molecule has 0 radical (unpaired) electrons. The lowest BCUT2D eigenvalue weighted by Crippen LogP contribution is -2.35. The van der Waals surface area contributed by atoms with Crippen LogP contribution in [0.2, 0.25) is 0 Å². The highest BCUT2D eigenvalue weighted by Gasteiger charge is 2.24. The molecule has 1 fully saturated rings. The molecule has 5 heteroatoms. The first kappa shape index (κ1) is 15.3. The van der Waals surface area contributed by atoms with E-state index in [0.717, 1.165) is 29.8 Å². The second kappa shape index (κ2) is 7.09. The van der Waals surface area contributed by atoms with E-state index in [4.69, 9.17) is 11.6 Å². The van der Waals surface area contributed by atoms with E-state index in [1.54, 1.807) is 0 Å². The summed E-state index contributed by atoms with van der Waals surface area (Å²) in [6, 6.07) is 0.700. The number of alkyl halides is 1. The molecule has 3 nitrogen and oxygen atoms in total. The van der Waals surface area contributed by atoms with Gasteiger partial charge in [0.2, 0.25) is 0 Å². The van der Waals surface area contributed by atoms with Crippen LogP contribution in [0.15, 0.2) is 4.47 Å². The predicted molar refractivity (Wildman–Crippen MR) is 83.7 cm³/mol. The molecule has 0 aliphatic heterocycles. The first-order chi connectivity index (χ1) is 9.17. The van der Waals surface area contributed by atoms with Crippen LogP contribution in [0.3, 0.4) is 0 Å². The average molecular weight is 349 g/mol. The molecule has 0 N–H and O–H groups in total. The third-order valence-corrected chi connectivity index (χ3v) is 5.22. The van der Waals surface area contributed by atoms with Crippen LogP contribution in [-0.2, 0) is 13.1 Å². The van der Waals surface area contributed by atoms with E-state index >= 15 is 0 Å². The van der Waals surface area contributed by atoms with Crippen molar-refractivity contribution in [3.05, 3.63) is 15.9 Å². The number of rotatable bonds is 6. The maximum Gasteiger partial charge on any atom is 0.0739 e. The lowest BCUT2D eigenvalue weighted by molar-refractivity contribution is 0.195. The molecule has 1 aromatic heterocycles. The molecule has 19 heavy (non-hydrogen) atoms. The Balaban J connectivity index is 2.16. The fourth-order valence-electron chi connectivity index (χ4n) is 2.98. The molecule has 0 spiro atoms. The zero-order chi connectivity index (χ0) is 13.8. The minimum Gasteiger partial charge on any atom is -0.293 e. The molecule has 0 bridgehead atoms. The van der Waals surface area contributed by atoms with Gasteiger partial charge in [0.15, 0.2) is 0 Å². The molecule has 0 atom stereocenters. The number of halogens is 2. The second-order valence-electron chi connectivity index (χ2n) is 5.26. The normalized spacial score (nSPS) is 16.7. The maximum atomic E-state index is 5.98. The fraction of sp³-hybridized carbons (Fsp3) is 0.786. The van der Waals surface area contributed by atoms with Crippen molar-refractivity contribution < 1.29 is 0 Å². The van der Waals surface area contributed by atoms with Crippen LogP contribution < -0.4 is 0 Å². The van der Waals surface area contributed by atoms with Gasteiger partial charge in [0, 0.05) is 31.6 Å². The predicted octanol–water partition coefficient (Wildman–Crippen LogP) is 3.96. The van der Waals surface area contributed by atoms with Gasteiger partial charge in [-0.3, -0.25) is 9.58 Å². The average Bonchev–Trinajstić information content (AvgIpc) is 3.01. The maximum absolute atomic E-state index is 5.98. The van der Waals surface area contributed by atoms with Crippen molar-refractivity contribution in [2.75, 3.05) is 12.4 Å². The third-order valence-electron chi connectivity index (χ3n) is 4.02. The van der Waals surface area contributed by atoms with Crippen LogP contribution in [0.1, 0.15) is 44.0 Å². The van der Waals surface area contributed by atoms with E-state index in [2.05, 4.69) is 44.5 Å². The van der Waals surface area contributed by atoms with Crippen LogP contribution in [0.25, 0.3) is 0 Å². The van der Waals surface area contributed by atoms with Gasteiger partial charge in [0.1, 0.15) is 0 Å². The molecule has 0 saturated heterocycles. The first-order valence-corrected chi connectivity index (χ1v) is 8.52. The van der Waals surface area contributed by atoms with E-state index in [1.165, 1.54) is 31.4 Å². The highest BCUT2D eigenvalue weighted by Crippen LogP contribution is 2.28. The van der Waals surface area contributed by atoms with Crippen LogP contribution in [0, 0.1) is 6.92 Å². The van der Waals surface area contributed by atoms with Crippen LogP contribution in [0.4, 0.5) is 0 Å². The minimum atomic E-state index is 0.700.